The number of halogens is 1. The van der Waals surface area contributed by atoms with E-state index >= 15 is 0 Å². The lowest BCUT2D eigenvalue weighted by atomic mass is 9.91. The van der Waals surface area contributed by atoms with Crippen LogP contribution in [-0.2, 0) is 0 Å². The fourth-order valence-corrected chi connectivity index (χ4v) is 3.81. The molecule has 0 N–H and O–H groups in total. The first-order valence-electron chi connectivity index (χ1n) is 5.91. The van der Waals surface area contributed by atoms with Crippen molar-refractivity contribution < 1.29 is 0 Å². The predicted octanol–water partition coefficient (Wildman–Crippen LogP) is 4.91. The maximum atomic E-state index is 10.6. The smallest absolute Gasteiger partial charge is 0.210 e. The van der Waals surface area contributed by atoms with Crippen molar-refractivity contribution in [2.75, 3.05) is 5.75 Å². The predicted molar refractivity (Wildman–Crippen MR) is 74.7 cm³/mol. The molecule has 0 bridgehead atoms. The average Bonchev–Trinajstić information content (AvgIpc) is 2.38. The lowest BCUT2D eigenvalue weighted by molar-refractivity contribution is 0.391. The minimum Gasteiger partial charge on any atom is -0.232 e. The van der Waals surface area contributed by atoms with Gasteiger partial charge in [0.1, 0.15) is 0 Å². The second-order valence-corrected chi connectivity index (χ2v) is 6.36. The number of nitrogens with zero attached hydrogens (tertiary/aromatic N) is 2. The van der Waals surface area contributed by atoms with Crippen molar-refractivity contribution in [3.63, 3.8) is 0 Å². The van der Waals surface area contributed by atoms with Gasteiger partial charge in [-0.2, -0.15) is 0 Å². The van der Waals surface area contributed by atoms with Crippen molar-refractivity contribution in [1.82, 2.24) is 4.98 Å². The second-order valence-electron chi connectivity index (χ2n) is 4.38. The first-order chi connectivity index (χ1) is 8.29. The molecular weight excluding hydrogens is 300 g/mol. The first kappa shape index (κ1) is 13.0. The van der Waals surface area contributed by atoms with E-state index in [4.69, 9.17) is 0 Å². The van der Waals surface area contributed by atoms with Gasteiger partial charge in [-0.3, -0.25) is 0 Å². The van der Waals surface area contributed by atoms with E-state index in [-0.39, 0.29) is 0 Å². The van der Waals surface area contributed by atoms with Crippen LogP contribution in [0.3, 0.4) is 0 Å². The molecule has 0 spiro atoms. The topological polar surface area (TPSA) is 42.3 Å². The number of hydrogen-bond donors (Lipinski definition) is 0. The van der Waals surface area contributed by atoms with Crippen LogP contribution in [0.15, 0.2) is 26.8 Å². The van der Waals surface area contributed by atoms with Gasteiger partial charge in [-0.15, -0.1) is 16.7 Å². The molecule has 0 amide bonds. The monoisotopic (exact) mass is 314 g/mol. The summed E-state index contributed by atoms with van der Waals surface area (Å²) in [5.74, 6) is 2.17. The fraction of sp³-hybridized carbons (Fsp3) is 0.583. The Morgan fingerprint density at radius 1 is 1.41 bits per heavy atom. The third-order valence-corrected chi connectivity index (χ3v) is 4.77. The zero-order valence-electron chi connectivity index (χ0n) is 9.56. The van der Waals surface area contributed by atoms with Gasteiger partial charge in [-0.25, -0.2) is 4.98 Å². The molecule has 1 aromatic heterocycles. The van der Waals surface area contributed by atoms with Crippen LogP contribution in [0, 0.1) is 10.8 Å². The summed E-state index contributed by atoms with van der Waals surface area (Å²) in [5, 5.41) is 2.97. The van der Waals surface area contributed by atoms with Gasteiger partial charge in [0.15, 0.2) is 0 Å². The second kappa shape index (κ2) is 6.50. The molecule has 0 radical (unpaired) electrons. The van der Waals surface area contributed by atoms with Gasteiger partial charge in [-0.05, 0) is 45.9 Å². The molecule has 1 heterocycles. The summed E-state index contributed by atoms with van der Waals surface area (Å²) >= 11 is 5.08. The number of thioether (sulfide) groups is 1. The lowest BCUT2D eigenvalue weighted by Crippen LogP contribution is -2.08. The number of nitroso groups, excluding NO2 is 1. The van der Waals surface area contributed by atoms with E-state index in [0.29, 0.717) is 5.82 Å². The number of aromatic nitrogens is 1. The Bertz CT molecular complexity index is 394. The lowest BCUT2D eigenvalue weighted by Gasteiger charge is -2.20. The molecule has 1 saturated carbocycles. The van der Waals surface area contributed by atoms with Gasteiger partial charge < -0.3 is 0 Å². The highest BCUT2D eigenvalue weighted by Gasteiger charge is 2.15. The highest BCUT2D eigenvalue weighted by Crippen LogP contribution is 2.34. The summed E-state index contributed by atoms with van der Waals surface area (Å²) in [6, 6.07) is 1.93. The average molecular weight is 315 g/mol. The summed E-state index contributed by atoms with van der Waals surface area (Å²) in [4.78, 5) is 15.6. The quantitative estimate of drug-likeness (QED) is 0.585. The standard InChI is InChI=1S/C12H15BrN2OS/c13-10-6-11(12(15-16)14-7-10)17-8-9-4-2-1-3-5-9/h6-7,9H,1-5,8H2. The maximum Gasteiger partial charge on any atom is 0.210 e. The van der Waals surface area contributed by atoms with Gasteiger partial charge in [0.25, 0.3) is 0 Å². The fourth-order valence-electron chi connectivity index (χ4n) is 2.15. The highest BCUT2D eigenvalue weighted by atomic mass is 79.9. The van der Waals surface area contributed by atoms with Crippen molar-refractivity contribution in [3.8, 4) is 0 Å². The van der Waals surface area contributed by atoms with E-state index in [0.717, 1.165) is 21.0 Å². The summed E-state index contributed by atoms with van der Waals surface area (Å²) in [6.45, 7) is 0. The van der Waals surface area contributed by atoms with E-state index in [2.05, 4.69) is 26.1 Å². The minimum absolute atomic E-state index is 0.314. The highest BCUT2D eigenvalue weighted by molar-refractivity contribution is 9.10. The van der Waals surface area contributed by atoms with Gasteiger partial charge in [0.05, 0.1) is 4.90 Å². The van der Waals surface area contributed by atoms with Gasteiger partial charge in [-0.1, -0.05) is 19.3 Å². The third-order valence-electron chi connectivity index (χ3n) is 3.09. The van der Waals surface area contributed by atoms with Crippen LogP contribution >= 0.6 is 27.7 Å². The molecule has 3 nitrogen and oxygen atoms in total. The van der Waals surface area contributed by atoms with Gasteiger partial charge in [0, 0.05) is 16.4 Å². The van der Waals surface area contributed by atoms with Crippen molar-refractivity contribution >= 4 is 33.5 Å². The van der Waals surface area contributed by atoms with Gasteiger partial charge >= 0.3 is 0 Å². The maximum absolute atomic E-state index is 10.6. The molecule has 5 heteroatoms. The molecule has 1 aliphatic carbocycles. The molecule has 1 fully saturated rings. The van der Waals surface area contributed by atoms with Crippen LogP contribution < -0.4 is 0 Å². The molecule has 1 aromatic rings. The molecule has 0 saturated heterocycles. The normalized spacial score (nSPS) is 17.0. The van der Waals surface area contributed by atoms with E-state index in [1.807, 2.05) is 6.07 Å². The summed E-state index contributed by atoms with van der Waals surface area (Å²) in [5.41, 5.74) is 0. The Kier molecular flexibility index (Phi) is 4.98. The molecular formula is C12H15BrN2OS. The van der Waals surface area contributed by atoms with Crippen molar-refractivity contribution in [2.45, 2.75) is 37.0 Å². The third kappa shape index (κ3) is 3.78. The Labute approximate surface area is 114 Å². The first-order valence-corrected chi connectivity index (χ1v) is 7.69. The zero-order valence-corrected chi connectivity index (χ0v) is 12.0. The van der Waals surface area contributed by atoms with Crippen molar-refractivity contribution in [2.24, 2.45) is 11.1 Å². The Morgan fingerprint density at radius 3 is 2.88 bits per heavy atom. The van der Waals surface area contributed by atoms with Crippen LogP contribution in [0.25, 0.3) is 0 Å². The van der Waals surface area contributed by atoms with E-state index < -0.39 is 0 Å². The molecule has 2 rings (SSSR count). The SMILES string of the molecule is O=Nc1ncc(Br)cc1SCC1CCCCC1. The number of hydrogen-bond acceptors (Lipinski definition) is 4. The number of pyridine rings is 1. The van der Waals surface area contributed by atoms with Crippen molar-refractivity contribution in [1.29, 1.82) is 0 Å². The van der Waals surface area contributed by atoms with Crippen LogP contribution in [0.1, 0.15) is 32.1 Å². The number of rotatable bonds is 4. The van der Waals surface area contributed by atoms with Crippen LogP contribution in [0.2, 0.25) is 0 Å². The zero-order chi connectivity index (χ0) is 12.1. The Morgan fingerprint density at radius 2 is 2.18 bits per heavy atom. The summed E-state index contributed by atoms with van der Waals surface area (Å²) in [6.07, 6.45) is 8.32. The molecule has 0 aromatic carbocycles. The Hall–Kier alpha value is -0.420. The summed E-state index contributed by atoms with van der Waals surface area (Å²) in [7, 11) is 0. The van der Waals surface area contributed by atoms with Crippen LogP contribution in [-0.4, -0.2) is 10.7 Å². The van der Waals surface area contributed by atoms with E-state index in [1.165, 1.54) is 32.1 Å². The van der Waals surface area contributed by atoms with E-state index in [9.17, 15) is 4.91 Å². The van der Waals surface area contributed by atoms with E-state index in [1.54, 1.807) is 18.0 Å². The molecule has 0 atom stereocenters. The van der Waals surface area contributed by atoms with Crippen LogP contribution in [0.4, 0.5) is 5.82 Å². The summed E-state index contributed by atoms with van der Waals surface area (Å²) < 4.78 is 0.899. The molecule has 92 valence electrons. The van der Waals surface area contributed by atoms with Crippen LogP contribution in [0.5, 0.6) is 0 Å². The molecule has 17 heavy (non-hydrogen) atoms. The largest absolute Gasteiger partial charge is 0.232 e. The van der Waals surface area contributed by atoms with Crippen molar-refractivity contribution in [3.05, 3.63) is 21.6 Å². The Balaban J connectivity index is 1.97. The molecule has 0 aliphatic heterocycles. The minimum atomic E-state index is 0.314. The molecule has 0 unspecified atom stereocenters. The molecule has 1 aliphatic rings. The van der Waals surface area contributed by atoms with Gasteiger partial charge in [0.2, 0.25) is 5.82 Å².